The molecule has 0 amide bonds. The summed E-state index contributed by atoms with van der Waals surface area (Å²) in [4.78, 5) is 0. The molecule has 1 fully saturated rings. The van der Waals surface area contributed by atoms with E-state index in [-0.39, 0.29) is 11.2 Å². The average Bonchev–Trinajstić information content (AvgIpc) is 2.19. The molecule has 78 valence electrons. The van der Waals surface area contributed by atoms with Crippen LogP contribution in [0.3, 0.4) is 0 Å². The van der Waals surface area contributed by atoms with Gasteiger partial charge in [-0.15, -0.1) is 0 Å². The lowest BCUT2D eigenvalue weighted by molar-refractivity contribution is 0.320. The highest BCUT2D eigenvalue weighted by Crippen LogP contribution is 2.45. The number of phenols is 1. The van der Waals surface area contributed by atoms with Crippen LogP contribution in [0.2, 0.25) is 0 Å². The van der Waals surface area contributed by atoms with Gasteiger partial charge in [-0.1, -0.05) is 6.07 Å². The van der Waals surface area contributed by atoms with Crippen LogP contribution in [0.5, 0.6) is 11.5 Å². The zero-order valence-corrected chi connectivity index (χ0v) is 8.66. The molecule has 2 rings (SSSR count). The van der Waals surface area contributed by atoms with Crippen molar-refractivity contribution in [3.05, 3.63) is 23.8 Å². The number of hydrogen-bond donors (Lipinski definition) is 1. The van der Waals surface area contributed by atoms with Gasteiger partial charge in [0.05, 0.1) is 18.6 Å². The topological polar surface area (TPSA) is 53.2 Å². The normalized spacial score (nSPS) is 17.6. The van der Waals surface area contributed by atoms with Gasteiger partial charge in [-0.2, -0.15) is 5.26 Å². The van der Waals surface area contributed by atoms with E-state index < -0.39 is 0 Å². The Morgan fingerprint density at radius 2 is 2.20 bits per heavy atom. The third-order valence-electron chi connectivity index (χ3n) is 3.15. The predicted molar refractivity (Wildman–Crippen MR) is 55.8 cm³/mol. The maximum atomic E-state index is 9.46. The maximum absolute atomic E-state index is 9.46. The van der Waals surface area contributed by atoms with Crippen LogP contribution in [0.4, 0.5) is 0 Å². The van der Waals surface area contributed by atoms with Gasteiger partial charge >= 0.3 is 0 Å². The third kappa shape index (κ3) is 1.42. The van der Waals surface area contributed by atoms with E-state index in [4.69, 9.17) is 10.00 Å². The van der Waals surface area contributed by atoms with Gasteiger partial charge in [0.15, 0.2) is 11.5 Å². The van der Waals surface area contributed by atoms with Crippen LogP contribution in [0.15, 0.2) is 18.2 Å². The molecule has 0 aliphatic heterocycles. The van der Waals surface area contributed by atoms with Gasteiger partial charge in [0, 0.05) is 0 Å². The third-order valence-corrected chi connectivity index (χ3v) is 3.15. The lowest BCUT2D eigenvalue weighted by atomic mass is 9.65. The van der Waals surface area contributed by atoms with Crippen LogP contribution in [-0.2, 0) is 5.41 Å². The lowest BCUT2D eigenvalue weighted by Gasteiger charge is -2.35. The largest absolute Gasteiger partial charge is 0.504 e. The van der Waals surface area contributed by atoms with E-state index in [2.05, 4.69) is 6.07 Å². The van der Waals surface area contributed by atoms with Gasteiger partial charge < -0.3 is 9.84 Å². The molecule has 0 bridgehead atoms. The molecule has 0 heterocycles. The second-order valence-electron chi connectivity index (χ2n) is 3.93. The number of nitriles is 1. The van der Waals surface area contributed by atoms with Crippen molar-refractivity contribution in [1.82, 2.24) is 0 Å². The highest BCUT2D eigenvalue weighted by atomic mass is 16.5. The van der Waals surface area contributed by atoms with Crippen molar-refractivity contribution < 1.29 is 9.84 Å². The van der Waals surface area contributed by atoms with Gasteiger partial charge in [0.1, 0.15) is 0 Å². The van der Waals surface area contributed by atoms with Crippen LogP contribution in [0, 0.1) is 11.3 Å². The summed E-state index contributed by atoms with van der Waals surface area (Å²) in [5, 5.41) is 18.6. The van der Waals surface area contributed by atoms with Crippen molar-refractivity contribution in [1.29, 1.82) is 5.26 Å². The maximum Gasteiger partial charge on any atom is 0.160 e. The average molecular weight is 203 g/mol. The Labute approximate surface area is 88.9 Å². The number of ether oxygens (including phenoxy) is 1. The molecule has 15 heavy (non-hydrogen) atoms. The zero-order valence-electron chi connectivity index (χ0n) is 8.66. The number of phenolic OH excluding ortho intramolecular Hbond substituents is 1. The summed E-state index contributed by atoms with van der Waals surface area (Å²) in [5.74, 6) is 0.558. The van der Waals surface area contributed by atoms with E-state index in [1.165, 1.54) is 7.11 Å². The van der Waals surface area contributed by atoms with Crippen molar-refractivity contribution in [3.8, 4) is 17.6 Å². The van der Waals surface area contributed by atoms with E-state index in [9.17, 15) is 5.11 Å². The van der Waals surface area contributed by atoms with Gasteiger partial charge in [-0.3, -0.25) is 0 Å². The van der Waals surface area contributed by atoms with Crippen molar-refractivity contribution in [2.24, 2.45) is 0 Å². The number of aromatic hydroxyl groups is 1. The molecule has 0 atom stereocenters. The van der Waals surface area contributed by atoms with Crippen LogP contribution in [0.25, 0.3) is 0 Å². The second-order valence-corrected chi connectivity index (χ2v) is 3.93. The zero-order chi connectivity index (χ0) is 10.9. The minimum atomic E-state index is -0.346. The number of rotatable bonds is 2. The molecule has 1 aromatic rings. The molecule has 1 aromatic carbocycles. The van der Waals surface area contributed by atoms with E-state index in [0.29, 0.717) is 5.75 Å². The van der Waals surface area contributed by atoms with E-state index >= 15 is 0 Å². The molecule has 1 aliphatic rings. The monoisotopic (exact) mass is 203 g/mol. The fourth-order valence-corrected chi connectivity index (χ4v) is 1.97. The minimum absolute atomic E-state index is 0.119. The summed E-state index contributed by atoms with van der Waals surface area (Å²) in [5.41, 5.74) is 0.604. The molecule has 0 spiro atoms. The summed E-state index contributed by atoms with van der Waals surface area (Å²) in [6.45, 7) is 0. The molecule has 3 heteroatoms. The summed E-state index contributed by atoms with van der Waals surface area (Å²) in [6.07, 6.45) is 2.89. The number of benzene rings is 1. The van der Waals surface area contributed by atoms with E-state index in [1.54, 1.807) is 18.2 Å². The summed E-state index contributed by atoms with van der Waals surface area (Å²) in [6, 6.07) is 7.52. The molecular formula is C12H13NO2. The van der Waals surface area contributed by atoms with Crippen LogP contribution in [-0.4, -0.2) is 12.2 Å². The fourth-order valence-electron chi connectivity index (χ4n) is 1.97. The number of methoxy groups -OCH3 is 1. The smallest absolute Gasteiger partial charge is 0.160 e. The Morgan fingerprint density at radius 1 is 1.47 bits per heavy atom. The fraction of sp³-hybridized carbons (Fsp3) is 0.417. The van der Waals surface area contributed by atoms with E-state index in [1.807, 2.05) is 0 Å². The molecule has 1 aliphatic carbocycles. The molecule has 1 saturated carbocycles. The predicted octanol–water partition coefficient (Wildman–Crippen LogP) is 2.35. The van der Waals surface area contributed by atoms with Crippen molar-refractivity contribution in [2.75, 3.05) is 7.11 Å². The van der Waals surface area contributed by atoms with Gasteiger partial charge in [0.2, 0.25) is 0 Å². The highest BCUT2D eigenvalue weighted by Gasteiger charge is 2.39. The van der Waals surface area contributed by atoms with Crippen molar-refractivity contribution in [2.45, 2.75) is 24.7 Å². The van der Waals surface area contributed by atoms with Crippen LogP contribution >= 0.6 is 0 Å². The van der Waals surface area contributed by atoms with E-state index in [0.717, 1.165) is 24.8 Å². The molecule has 1 N–H and O–H groups in total. The standard InChI is InChI=1S/C12H13NO2/c1-15-11-7-9(3-4-10(11)14)12(8-13)5-2-6-12/h3-4,7,14H,2,5-6H2,1H3. The first-order chi connectivity index (χ1) is 7.22. The first-order valence-electron chi connectivity index (χ1n) is 5.00. The second kappa shape index (κ2) is 3.47. The van der Waals surface area contributed by atoms with Crippen LogP contribution in [0.1, 0.15) is 24.8 Å². The molecule has 0 unspecified atom stereocenters. The first-order valence-corrected chi connectivity index (χ1v) is 5.00. The minimum Gasteiger partial charge on any atom is -0.504 e. The van der Waals surface area contributed by atoms with Gasteiger partial charge in [-0.05, 0) is 37.0 Å². The molecule has 0 radical (unpaired) electrons. The van der Waals surface area contributed by atoms with Crippen molar-refractivity contribution >= 4 is 0 Å². The van der Waals surface area contributed by atoms with Gasteiger partial charge in [0.25, 0.3) is 0 Å². The highest BCUT2D eigenvalue weighted by molar-refractivity contribution is 5.47. The Morgan fingerprint density at radius 3 is 2.67 bits per heavy atom. The summed E-state index contributed by atoms with van der Waals surface area (Å²) < 4.78 is 5.03. The Balaban J connectivity index is 2.41. The molecule has 0 saturated heterocycles. The Bertz CT molecular complexity index is 416. The number of hydrogen-bond acceptors (Lipinski definition) is 3. The summed E-state index contributed by atoms with van der Waals surface area (Å²) in [7, 11) is 1.51. The molecule has 0 aromatic heterocycles. The Kier molecular flexibility index (Phi) is 2.28. The molecule has 3 nitrogen and oxygen atoms in total. The molecular weight excluding hydrogens is 190 g/mol. The first kappa shape index (κ1) is 9.85. The van der Waals surface area contributed by atoms with Gasteiger partial charge in [-0.25, -0.2) is 0 Å². The summed E-state index contributed by atoms with van der Waals surface area (Å²) >= 11 is 0. The SMILES string of the molecule is COc1cc(C2(C#N)CCC2)ccc1O. The van der Waals surface area contributed by atoms with Crippen LogP contribution < -0.4 is 4.74 Å². The lowest BCUT2D eigenvalue weighted by Crippen LogP contribution is -2.32. The number of nitrogens with zero attached hydrogens (tertiary/aromatic N) is 1. The quantitative estimate of drug-likeness (QED) is 0.802. The van der Waals surface area contributed by atoms with Crippen molar-refractivity contribution in [3.63, 3.8) is 0 Å². The Hall–Kier alpha value is -1.69.